The molecule has 2 atom stereocenters. The Morgan fingerprint density at radius 2 is 2.24 bits per heavy atom. The smallest absolute Gasteiger partial charge is 0.123 e. The highest BCUT2D eigenvalue weighted by Crippen LogP contribution is 2.33. The Hall–Kier alpha value is -0.930. The van der Waals surface area contributed by atoms with Gasteiger partial charge in [0.05, 0.1) is 11.7 Å². The quantitative estimate of drug-likeness (QED) is 0.822. The van der Waals surface area contributed by atoms with Crippen LogP contribution < -0.4 is 5.32 Å². The highest BCUT2D eigenvalue weighted by Gasteiger charge is 2.32. The van der Waals surface area contributed by atoms with Crippen molar-refractivity contribution in [3.05, 3.63) is 35.6 Å². The van der Waals surface area contributed by atoms with Crippen molar-refractivity contribution in [3.63, 3.8) is 0 Å². The molecule has 1 N–H and O–H groups in total. The molecule has 1 aromatic rings. The van der Waals surface area contributed by atoms with Crippen LogP contribution in [-0.4, -0.2) is 24.8 Å². The van der Waals surface area contributed by atoms with Crippen molar-refractivity contribution in [2.24, 2.45) is 5.92 Å². The van der Waals surface area contributed by atoms with Crippen molar-refractivity contribution >= 4 is 0 Å². The van der Waals surface area contributed by atoms with Gasteiger partial charge < -0.3 is 10.1 Å². The summed E-state index contributed by atoms with van der Waals surface area (Å²) in [6, 6.07) is 6.97. The maximum atomic E-state index is 13.3. The minimum atomic E-state index is -0.145. The number of hydrogen-bond donors (Lipinski definition) is 1. The van der Waals surface area contributed by atoms with Crippen LogP contribution in [0, 0.1) is 11.7 Å². The molecule has 0 bridgehead atoms. The molecule has 1 aromatic carbocycles. The van der Waals surface area contributed by atoms with E-state index in [4.69, 9.17) is 4.74 Å². The van der Waals surface area contributed by atoms with Crippen molar-refractivity contribution in [2.75, 3.05) is 13.1 Å². The van der Waals surface area contributed by atoms with Gasteiger partial charge in [-0.25, -0.2) is 4.39 Å². The lowest BCUT2D eigenvalue weighted by Crippen LogP contribution is -2.28. The van der Waals surface area contributed by atoms with Crippen molar-refractivity contribution in [3.8, 4) is 0 Å². The minimum Gasteiger partial charge on any atom is -0.372 e. The molecule has 0 spiro atoms. The summed E-state index contributed by atoms with van der Waals surface area (Å²) in [5.74, 6) is 0.346. The van der Waals surface area contributed by atoms with Gasteiger partial charge in [-0.3, -0.25) is 0 Å². The fraction of sp³-hybridized carbons (Fsp3) is 0.667. The first-order chi connectivity index (χ1) is 9.98. The molecule has 118 valence electrons. The standard InChI is InChI=1S/C18H28FNO/c1-4-20-13-15(10-14-6-5-7-16(19)11-14)12-17-8-9-18(2,3)21-17/h5-7,11,15,17,20H,4,8-10,12-13H2,1-3H3. The van der Waals surface area contributed by atoms with Gasteiger partial charge in [0.1, 0.15) is 5.82 Å². The Kier molecular flexibility index (Phi) is 5.77. The molecule has 1 saturated heterocycles. The number of halogens is 1. The number of benzene rings is 1. The zero-order chi connectivity index (χ0) is 15.3. The molecular weight excluding hydrogens is 265 g/mol. The number of hydrogen-bond acceptors (Lipinski definition) is 2. The molecule has 3 heteroatoms. The molecule has 21 heavy (non-hydrogen) atoms. The van der Waals surface area contributed by atoms with E-state index >= 15 is 0 Å². The number of nitrogens with one attached hydrogen (secondary N) is 1. The first-order valence-corrected chi connectivity index (χ1v) is 8.11. The highest BCUT2D eigenvalue weighted by atomic mass is 19.1. The summed E-state index contributed by atoms with van der Waals surface area (Å²) in [6.45, 7) is 8.39. The predicted molar refractivity (Wildman–Crippen MR) is 84.9 cm³/mol. The minimum absolute atomic E-state index is 0.0201. The van der Waals surface area contributed by atoms with Crippen LogP contribution in [0.2, 0.25) is 0 Å². The van der Waals surface area contributed by atoms with E-state index in [9.17, 15) is 4.39 Å². The third-order valence-corrected chi connectivity index (χ3v) is 4.25. The van der Waals surface area contributed by atoms with Gasteiger partial charge in [0.2, 0.25) is 0 Å². The molecule has 2 rings (SSSR count). The van der Waals surface area contributed by atoms with Crippen LogP contribution in [0.1, 0.15) is 45.6 Å². The van der Waals surface area contributed by atoms with Crippen LogP contribution in [0.15, 0.2) is 24.3 Å². The largest absolute Gasteiger partial charge is 0.372 e. The molecule has 2 unspecified atom stereocenters. The van der Waals surface area contributed by atoms with Crippen molar-refractivity contribution in [1.29, 1.82) is 0 Å². The zero-order valence-corrected chi connectivity index (χ0v) is 13.5. The van der Waals surface area contributed by atoms with Crippen molar-refractivity contribution in [1.82, 2.24) is 5.32 Å². The highest BCUT2D eigenvalue weighted by molar-refractivity contribution is 5.17. The van der Waals surface area contributed by atoms with E-state index in [0.717, 1.165) is 44.3 Å². The second-order valence-corrected chi connectivity index (χ2v) is 6.78. The monoisotopic (exact) mass is 293 g/mol. The van der Waals surface area contributed by atoms with E-state index in [1.54, 1.807) is 12.1 Å². The summed E-state index contributed by atoms with van der Waals surface area (Å²) >= 11 is 0. The first-order valence-electron chi connectivity index (χ1n) is 8.11. The second-order valence-electron chi connectivity index (χ2n) is 6.78. The van der Waals surface area contributed by atoms with Gasteiger partial charge in [-0.2, -0.15) is 0 Å². The van der Waals surface area contributed by atoms with Crippen LogP contribution in [-0.2, 0) is 11.2 Å². The Labute approximate surface area is 128 Å². The van der Waals surface area contributed by atoms with Gasteiger partial charge in [0.25, 0.3) is 0 Å². The third kappa shape index (κ3) is 5.40. The number of rotatable bonds is 7. The van der Waals surface area contributed by atoms with E-state index in [-0.39, 0.29) is 11.4 Å². The van der Waals surface area contributed by atoms with Crippen LogP contribution in [0.5, 0.6) is 0 Å². The maximum Gasteiger partial charge on any atom is 0.123 e. The average molecular weight is 293 g/mol. The van der Waals surface area contributed by atoms with Gasteiger partial charge in [-0.1, -0.05) is 19.1 Å². The maximum absolute atomic E-state index is 13.3. The molecule has 1 aliphatic rings. The lowest BCUT2D eigenvalue weighted by atomic mass is 9.92. The SMILES string of the molecule is CCNCC(Cc1cccc(F)c1)CC1CCC(C)(C)O1. The molecule has 0 amide bonds. The van der Waals surface area contributed by atoms with Gasteiger partial charge in [0.15, 0.2) is 0 Å². The average Bonchev–Trinajstić information content (AvgIpc) is 2.75. The summed E-state index contributed by atoms with van der Waals surface area (Å²) in [6.07, 6.45) is 4.57. The molecule has 1 heterocycles. The fourth-order valence-corrected chi connectivity index (χ4v) is 3.20. The third-order valence-electron chi connectivity index (χ3n) is 4.25. The van der Waals surface area contributed by atoms with Crippen molar-refractivity contribution in [2.45, 2.75) is 58.2 Å². The molecule has 2 nitrogen and oxygen atoms in total. The molecule has 0 aliphatic carbocycles. The number of ether oxygens (including phenoxy) is 1. The van der Waals surface area contributed by atoms with Crippen LogP contribution in [0.25, 0.3) is 0 Å². The van der Waals surface area contributed by atoms with E-state index in [1.165, 1.54) is 6.07 Å². The normalized spacial score (nSPS) is 22.4. The summed E-state index contributed by atoms with van der Waals surface area (Å²) in [7, 11) is 0. The molecular formula is C18H28FNO. The summed E-state index contributed by atoms with van der Waals surface area (Å²) < 4.78 is 19.5. The summed E-state index contributed by atoms with van der Waals surface area (Å²) in [5, 5.41) is 3.43. The van der Waals surface area contributed by atoms with Crippen LogP contribution in [0.3, 0.4) is 0 Å². The zero-order valence-electron chi connectivity index (χ0n) is 13.5. The summed E-state index contributed by atoms with van der Waals surface area (Å²) in [4.78, 5) is 0. The van der Waals surface area contributed by atoms with Crippen LogP contribution in [0.4, 0.5) is 4.39 Å². The lowest BCUT2D eigenvalue weighted by molar-refractivity contribution is -0.0244. The summed E-state index contributed by atoms with van der Waals surface area (Å²) in [5.41, 5.74) is 1.10. The Balaban J connectivity index is 1.94. The Morgan fingerprint density at radius 1 is 1.43 bits per heavy atom. The van der Waals surface area contributed by atoms with Gasteiger partial charge >= 0.3 is 0 Å². The van der Waals surface area contributed by atoms with E-state index in [1.807, 2.05) is 6.07 Å². The molecule has 0 saturated carbocycles. The van der Waals surface area contributed by atoms with Gasteiger partial charge in [0, 0.05) is 0 Å². The van der Waals surface area contributed by atoms with Crippen molar-refractivity contribution < 1.29 is 9.13 Å². The lowest BCUT2D eigenvalue weighted by Gasteiger charge is -2.24. The van der Waals surface area contributed by atoms with E-state index < -0.39 is 0 Å². The van der Waals surface area contributed by atoms with Crippen LogP contribution >= 0.6 is 0 Å². The Morgan fingerprint density at radius 3 is 2.86 bits per heavy atom. The van der Waals surface area contributed by atoms with Gasteiger partial charge in [-0.05, 0) is 76.2 Å². The van der Waals surface area contributed by atoms with E-state index in [2.05, 4.69) is 26.1 Å². The Bertz CT molecular complexity index is 447. The molecule has 0 radical (unpaired) electrons. The molecule has 1 aliphatic heterocycles. The second kappa shape index (κ2) is 7.37. The molecule has 0 aromatic heterocycles. The van der Waals surface area contributed by atoms with Gasteiger partial charge in [-0.15, -0.1) is 0 Å². The first kappa shape index (κ1) is 16.4. The fourth-order valence-electron chi connectivity index (χ4n) is 3.20. The van der Waals surface area contributed by atoms with E-state index in [0.29, 0.717) is 12.0 Å². The predicted octanol–water partition coefficient (Wildman–Crippen LogP) is 3.94. The molecule has 1 fully saturated rings. The topological polar surface area (TPSA) is 21.3 Å².